The van der Waals surface area contributed by atoms with E-state index < -0.39 is 0 Å². The van der Waals surface area contributed by atoms with Gasteiger partial charge in [0.25, 0.3) is 0 Å². The number of hydrogen-bond donors (Lipinski definition) is 3. The minimum Gasteiger partial charge on any atom is -0.367 e. The van der Waals surface area contributed by atoms with Crippen molar-refractivity contribution >= 4 is 28.0 Å². The van der Waals surface area contributed by atoms with E-state index in [1.807, 2.05) is 12.4 Å². The van der Waals surface area contributed by atoms with Gasteiger partial charge in [0.1, 0.15) is 0 Å². The second-order valence-corrected chi connectivity index (χ2v) is 8.70. The van der Waals surface area contributed by atoms with Crippen molar-refractivity contribution in [2.45, 2.75) is 39.0 Å². The fraction of sp³-hybridized carbons (Fsp3) is 0.458. The van der Waals surface area contributed by atoms with Gasteiger partial charge < -0.3 is 10.2 Å². The largest absolute Gasteiger partial charge is 0.367 e. The summed E-state index contributed by atoms with van der Waals surface area (Å²) in [5, 5.41) is 19.2. The van der Waals surface area contributed by atoms with Crippen LogP contribution in [0.15, 0.2) is 41.7 Å². The lowest BCUT2D eigenvalue weighted by Crippen LogP contribution is -2.43. The molecule has 3 N–H and O–H groups in total. The molecule has 3 aromatic rings. The van der Waals surface area contributed by atoms with Gasteiger partial charge in [-0.15, -0.1) is 0 Å². The van der Waals surface area contributed by atoms with Crippen molar-refractivity contribution in [3.05, 3.63) is 47.9 Å². The average molecular weight is 418 g/mol. The lowest BCUT2D eigenvalue weighted by molar-refractivity contribution is 0.419. The van der Waals surface area contributed by atoms with Crippen LogP contribution >= 0.6 is 0 Å². The van der Waals surface area contributed by atoms with E-state index in [0.29, 0.717) is 5.92 Å². The first-order chi connectivity index (χ1) is 15.3. The molecule has 0 spiro atoms. The molecule has 0 bridgehead atoms. The molecule has 2 aromatic heterocycles. The number of aromatic nitrogens is 4. The maximum absolute atomic E-state index is 5.22. The molecule has 1 saturated carbocycles. The number of H-pyrrole nitrogens is 2. The van der Waals surface area contributed by atoms with Crippen molar-refractivity contribution in [3.8, 4) is 0 Å². The van der Waals surface area contributed by atoms with Crippen LogP contribution in [0.2, 0.25) is 0 Å². The summed E-state index contributed by atoms with van der Waals surface area (Å²) in [4.78, 5) is 7.63. The number of nitrogens with one attached hydrogen (secondary N) is 3. The first kappa shape index (κ1) is 20.0. The molecule has 1 aliphatic heterocycles. The Labute approximate surface area is 183 Å². The maximum atomic E-state index is 5.22. The molecule has 1 aromatic carbocycles. The molecule has 0 radical (unpaired) electrons. The zero-order valence-electron chi connectivity index (χ0n) is 18.2. The predicted molar refractivity (Wildman–Crippen MR) is 126 cm³/mol. The molecule has 0 amide bonds. The standard InChI is InChI=1S/C24H31N7/c1-17-20(16-27-29-17)21(8-7-18-5-3-2-4-6-18)28-23-13-19-15-26-30-22(19)14-24(23)31-11-9-25-10-12-31/h7-8,13-16,18,25H,2-6,9-12H2,1H3,(H,26,30)(H,27,29)/b8-7+,28-21?. The molecule has 2 fully saturated rings. The van der Waals surface area contributed by atoms with Crippen LogP contribution in [0.25, 0.3) is 10.9 Å². The highest BCUT2D eigenvalue weighted by Crippen LogP contribution is 2.34. The number of benzene rings is 1. The highest BCUT2D eigenvalue weighted by atomic mass is 15.2. The Balaban J connectivity index is 1.58. The fourth-order valence-electron chi connectivity index (χ4n) is 4.70. The van der Waals surface area contributed by atoms with E-state index in [1.165, 1.54) is 32.1 Å². The number of anilines is 1. The molecule has 7 heteroatoms. The zero-order valence-corrected chi connectivity index (χ0v) is 18.2. The van der Waals surface area contributed by atoms with Crippen molar-refractivity contribution in [2.75, 3.05) is 31.1 Å². The Bertz CT molecular complexity index is 1080. The van der Waals surface area contributed by atoms with E-state index >= 15 is 0 Å². The number of aliphatic imine (C=N–C) groups is 1. The lowest BCUT2D eigenvalue weighted by atomic mass is 9.88. The Hall–Kier alpha value is -2.93. The molecule has 0 atom stereocenters. The number of hydrogen-bond acceptors (Lipinski definition) is 5. The second-order valence-electron chi connectivity index (χ2n) is 8.70. The summed E-state index contributed by atoms with van der Waals surface area (Å²) < 4.78 is 0. The van der Waals surface area contributed by atoms with Crippen molar-refractivity contribution in [3.63, 3.8) is 0 Å². The van der Waals surface area contributed by atoms with Gasteiger partial charge in [0, 0.05) is 42.8 Å². The molecule has 162 valence electrons. The number of aryl methyl sites for hydroxylation is 1. The smallest absolute Gasteiger partial charge is 0.0878 e. The highest BCUT2D eigenvalue weighted by molar-refractivity contribution is 6.11. The van der Waals surface area contributed by atoms with Crippen LogP contribution < -0.4 is 10.2 Å². The zero-order chi connectivity index (χ0) is 21.0. The van der Waals surface area contributed by atoms with Gasteiger partial charge in [0.05, 0.1) is 35.0 Å². The quantitative estimate of drug-likeness (QED) is 0.542. The predicted octanol–water partition coefficient (Wildman–Crippen LogP) is 4.26. The molecule has 1 aliphatic carbocycles. The number of piperazine rings is 1. The minimum absolute atomic E-state index is 0.648. The van der Waals surface area contributed by atoms with E-state index in [4.69, 9.17) is 4.99 Å². The van der Waals surface area contributed by atoms with Gasteiger partial charge in [-0.05, 0) is 43.9 Å². The highest BCUT2D eigenvalue weighted by Gasteiger charge is 2.18. The van der Waals surface area contributed by atoms with Crippen molar-refractivity contribution in [2.24, 2.45) is 10.9 Å². The number of rotatable bonds is 5. The van der Waals surface area contributed by atoms with Gasteiger partial charge in [-0.2, -0.15) is 10.2 Å². The Morgan fingerprint density at radius 1 is 1.06 bits per heavy atom. The minimum atomic E-state index is 0.648. The van der Waals surface area contributed by atoms with E-state index in [9.17, 15) is 0 Å². The molecule has 7 nitrogen and oxygen atoms in total. The van der Waals surface area contributed by atoms with Crippen molar-refractivity contribution < 1.29 is 0 Å². The van der Waals surface area contributed by atoms with E-state index in [-0.39, 0.29) is 0 Å². The summed E-state index contributed by atoms with van der Waals surface area (Å²) in [6, 6.07) is 4.34. The number of aromatic amines is 2. The van der Waals surface area contributed by atoms with E-state index in [1.54, 1.807) is 0 Å². The third kappa shape index (κ3) is 4.42. The van der Waals surface area contributed by atoms with E-state index in [2.05, 4.69) is 61.8 Å². The first-order valence-electron chi connectivity index (χ1n) is 11.5. The molecular weight excluding hydrogens is 386 g/mol. The monoisotopic (exact) mass is 417 g/mol. The summed E-state index contributed by atoms with van der Waals surface area (Å²) in [7, 11) is 0. The van der Waals surface area contributed by atoms with Gasteiger partial charge in [-0.1, -0.05) is 25.3 Å². The van der Waals surface area contributed by atoms with Gasteiger partial charge >= 0.3 is 0 Å². The Morgan fingerprint density at radius 2 is 1.87 bits per heavy atom. The van der Waals surface area contributed by atoms with Gasteiger partial charge in [-0.3, -0.25) is 10.2 Å². The summed E-state index contributed by atoms with van der Waals surface area (Å²) in [5.74, 6) is 0.648. The van der Waals surface area contributed by atoms with Crippen LogP contribution in [0.1, 0.15) is 43.4 Å². The lowest BCUT2D eigenvalue weighted by Gasteiger charge is -2.30. The summed E-state index contributed by atoms with van der Waals surface area (Å²) in [6.45, 7) is 5.97. The number of allylic oxidation sites excluding steroid dienone is 2. The van der Waals surface area contributed by atoms with Gasteiger partial charge in [0.15, 0.2) is 0 Å². The number of nitrogens with zero attached hydrogens (tertiary/aromatic N) is 4. The van der Waals surface area contributed by atoms with Crippen LogP contribution in [-0.4, -0.2) is 52.3 Å². The molecule has 31 heavy (non-hydrogen) atoms. The average Bonchev–Trinajstić information content (AvgIpc) is 3.45. The Morgan fingerprint density at radius 3 is 2.65 bits per heavy atom. The third-order valence-corrected chi connectivity index (χ3v) is 6.52. The van der Waals surface area contributed by atoms with Crippen LogP contribution in [0, 0.1) is 12.8 Å². The fourth-order valence-corrected chi connectivity index (χ4v) is 4.70. The number of fused-ring (bicyclic) bond motifs is 1. The third-order valence-electron chi connectivity index (χ3n) is 6.52. The maximum Gasteiger partial charge on any atom is 0.0878 e. The molecule has 3 heterocycles. The molecular formula is C24H31N7. The molecule has 1 saturated heterocycles. The normalized spacial score (nSPS) is 19.0. The van der Waals surface area contributed by atoms with Crippen LogP contribution in [0.3, 0.4) is 0 Å². The molecule has 5 rings (SSSR count). The molecule has 0 unspecified atom stereocenters. The van der Waals surface area contributed by atoms with Gasteiger partial charge in [0.2, 0.25) is 0 Å². The van der Waals surface area contributed by atoms with Crippen molar-refractivity contribution in [1.82, 2.24) is 25.7 Å². The Kier molecular flexibility index (Phi) is 5.84. The second kappa shape index (κ2) is 9.06. The molecule has 2 aliphatic rings. The SMILES string of the molecule is Cc1[nH]ncc1C(/C=C/C1CCCCC1)=Nc1cc2cn[nH]c2cc1N1CCNCC1. The van der Waals surface area contributed by atoms with Crippen molar-refractivity contribution in [1.29, 1.82) is 0 Å². The van der Waals surface area contributed by atoms with Gasteiger partial charge in [-0.25, -0.2) is 4.99 Å². The summed E-state index contributed by atoms with van der Waals surface area (Å²) in [5.41, 5.74) is 6.26. The summed E-state index contributed by atoms with van der Waals surface area (Å²) >= 11 is 0. The van der Waals surface area contributed by atoms with E-state index in [0.717, 1.165) is 65.4 Å². The first-order valence-corrected chi connectivity index (χ1v) is 11.5. The van der Waals surface area contributed by atoms with Crippen LogP contribution in [0.4, 0.5) is 11.4 Å². The van der Waals surface area contributed by atoms with Crippen LogP contribution in [-0.2, 0) is 0 Å². The topological polar surface area (TPSA) is 85.0 Å². The summed E-state index contributed by atoms with van der Waals surface area (Å²) in [6.07, 6.45) is 14.9. The van der Waals surface area contributed by atoms with Crippen LogP contribution in [0.5, 0.6) is 0 Å².